The van der Waals surface area contributed by atoms with Gasteiger partial charge in [0.2, 0.25) is 0 Å². The molecule has 1 N–H and O–H groups in total. The summed E-state index contributed by atoms with van der Waals surface area (Å²) in [5, 5.41) is 9.11. The van der Waals surface area contributed by atoms with Crippen LogP contribution in [0.25, 0.3) is 0 Å². The topological polar surface area (TPSA) is 23.5 Å². The standard InChI is InChI=1S/C15H23NO/c1-13(15-5-3-2-4-6-15)7-9-16-10-8-14(11-16)12-17/h2-6,13-14,17H,7-12H2,1H3/t13-,14-/m0/s1. The molecule has 17 heavy (non-hydrogen) atoms. The fourth-order valence-electron chi connectivity index (χ4n) is 2.59. The number of nitrogens with zero attached hydrogens (tertiary/aromatic N) is 1. The minimum atomic E-state index is 0.352. The molecule has 1 aliphatic rings. The van der Waals surface area contributed by atoms with E-state index in [1.807, 2.05) is 0 Å². The maximum Gasteiger partial charge on any atom is 0.0471 e. The van der Waals surface area contributed by atoms with Crippen LogP contribution in [0.2, 0.25) is 0 Å². The zero-order valence-electron chi connectivity index (χ0n) is 10.7. The first-order chi connectivity index (χ1) is 8.29. The van der Waals surface area contributed by atoms with Gasteiger partial charge >= 0.3 is 0 Å². The van der Waals surface area contributed by atoms with E-state index in [1.54, 1.807) is 0 Å². The number of hydrogen-bond acceptors (Lipinski definition) is 2. The van der Waals surface area contributed by atoms with Gasteiger partial charge in [-0.2, -0.15) is 0 Å². The molecule has 2 atom stereocenters. The van der Waals surface area contributed by atoms with Crippen molar-refractivity contribution in [1.82, 2.24) is 4.90 Å². The highest BCUT2D eigenvalue weighted by atomic mass is 16.3. The van der Waals surface area contributed by atoms with Crippen molar-refractivity contribution in [3.8, 4) is 0 Å². The van der Waals surface area contributed by atoms with E-state index < -0.39 is 0 Å². The first kappa shape index (κ1) is 12.6. The lowest BCUT2D eigenvalue weighted by molar-refractivity contribution is 0.220. The van der Waals surface area contributed by atoms with Gasteiger partial charge in [0.1, 0.15) is 0 Å². The number of benzene rings is 1. The van der Waals surface area contributed by atoms with Crippen LogP contribution in [0.1, 0.15) is 31.2 Å². The first-order valence-corrected chi connectivity index (χ1v) is 6.67. The fourth-order valence-corrected chi connectivity index (χ4v) is 2.59. The Morgan fingerprint density at radius 2 is 2.12 bits per heavy atom. The van der Waals surface area contributed by atoms with Crippen LogP contribution in [0.15, 0.2) is 30.3 Å². The second kappa shape index (κ2) is 6.18. The van der Waals surface area contributed by atoms with Gasteiger partial charge in [0.25, 0.3) is 0 Å². The van der Waals surface area contributed by atoms with Crippen molar-refractivity contribution in [2.24, 2.45) is 5.92 Å². The molecule has 1 aromatic rings. The number of hydrogen-bond donors (Lipinski definition) is 1. The monoisotopic (exact) mass is 233 g/mol. The van der Waals surface area contributed by atoms with Crippen LogP contribution >= 0.6 is 0 Å². The number of aliphatic hydroxyl groups excluding tert-OH is 1. The zero-order chi connectivity index (χ0) is 12.1. The van der Waals surface area contributed by atoms with Gasteiger partial charge in [-0.3, -0.25) is 0 Å². The highest BCUT2D eigenvalue weighted by Gasteiger charge is 2.21. The first-order valence-electron chi connectivity index (χ1n) is 6.67. The third kappa shape index (κ3) is 3.55. The van der Waals surface area contributed by atoms with Gasteiger partial charge in [-0.05, 0) is 43.3 Å². The van der Waals surface area contributed by atoms with E-state index in [9.17, 15) is 0 Å². The lowest BCUT2D eigenvalue weighted by Crippen LogP contribution is -2.23. The summed E-state index contributed by atoms with van der Waals surface area (Å²) in [4.78, 5) is 2.49. The van der Waals surface area contributed by atoms with Gasteiger partial charge in [0, 0.05) is 13.2 Å². The molecule has 0 aliphatic carbocycles. The summed E-state index contributed by atoms with van der Waals surface area (Å²) >= 11 is 0. The van der Waals surface area contributed by atoms with Gasteiger partial charge in [-0.1, -0.05) is 37.3 Å². The Morgan fingerprint density at radius 1 is 1.35 bits per heavy atom. The van der Waals surface area contributed by atoms with E-state index in [0.29, 0.717) is 18.4 Å². The lowest BCUT2D eigenvalue weighted by atomic mass is 9.98. The molecule has 0 unspecified atom stereocenters. The predicted octanol–water partition coefficient (Wildman–Crippen LogP) is 2.49. The summed E-state index contributed by atoms with van der Waals surface area (Å²) in [6.45, 7) is 6.05. The largest absolute Gasteiger partial charge is 0.396 e. The van der Waals surface area contributed by atoms with E-state index in [1.165, 1.54) is 12.0 Å². The highest BCUT2D eigenvalue weighted by Crippen LogP contribution is 2.21. The fraction of sp³-hybridized carbons (Fsp3) is 0.600. The van der Waals surface area contributed by atoms with Crippen LogP contribution in [-0.4, -0.2) is 36.2 Å². The van der Waals surface area contributed by atoms with Gasteiger partial charge < -0.3 is 10.0 Å². The molecule has 0 saturated carbocycles. The average molecular weight is 233 g/mol. The Labute approximate surface area is 104 Å². The minimum absolute atomic E-state index is 0.352. The van der Waals surface area contributed by atoms with Crippen LogP contribution in [0.5, 0.6) is 0 Å². The van der Waals surface area contributed by atoms with Crippen LogP contribution in [0.4, 0.5) is 0 Å². The zero-order valence-corrected chi connectivity index (χ0v) is 10.7. The van der Waals surface area contributed by atoms with Crippen LogP contribution in [-0.2, 0) is 0 Å². The van der Waals surface area contributed by atoms with E-state index in [0.717, 1.165) is 26.1 Å². The molecule has 0 spiro atoms. The maximum atomic E-state index is 9.11. The average Bonchev–Trinajstić information content (AvgIpc) is 2.85. The van der Waals surface area contributed by atoms with Crippen LogP contribution < -0.4 is 0 Å². The Bertz CT molecular complexity index is 325. The molecule has 1 aliphatic heterocycles. The maximum absolute atomic E-state index is 9.11. The van der Waals surface area contributed by atoms with Crippen molar-refractivity contribution in [2.75, 3.05) is 26.2 Å². The normalized spacial score (nSPS) is 22.8. The molecular formula is C15H23NO. The Hall–Kier alpha value is -0.860. The SMILES string of the molecule is C[C@@H](CCN1CC[C@H](CO)C1)c1ccccc1. The summed E-state index contributed by atoms with van der Waals surface area (Å²) in [5.41, 5.74) is 1.44. The molecule has 1 heterocycles. The van der Waals surface area contributed by atoms with Crippen LogP contribution in [0, 0.1) is 5.92 Å². The van der Waals surface area contributed by atoms with Gasteiger partial charge in [0.05, 0.1) is 0 Å². The smallest absolute Gasteiger partial charge is 0.0471 e. The molecule has 94 valence electrons. The lowest BCUT2D eigenvalue weighted by Gasteiger charge is -2.19. The summed E-state index contributed by atoms with van der Waals surface area (Å²) in [5.74, 6) is 1.14. The number of rotatable bonds is 5. The van der Waals surface area contributed by atoms with Crippen molar-refractivity contribution in [2.45, 2.75) is 25.7 Å². The second-order valence-electron chi connectivity index (χ2n) is 5.24. The minimum Gasteiger partial charge on any atom is -0.396 e. The summed E-state index contributed by atoms with van der Waals surface area (Å²) in [6.07, 6.45) is 2.37. The summed E-state index contributed by atoms with van der Waals surface area (Å²) in [6, 6.07) is 10.7. The molecule has 1 saturated heterocycles. The van der Waals surface area contributed by atoms with E-state index in [4.69, 9.17) is 5.11 Å². The van der Waals surface area contributed by atoms with E-state index in [-0.39, 0.29) is 0 Å². The molecule has 0 aromatic heterocycles. The van der Waals surface area contributed by atoms with E-state index >= 15 is 0 Å². The molecule has 1 fully saturated rings. The molecule has 0 radical (unpaired) electrons. The molecule has 2 heteroatoms. The number of aliphatic hydroxyl groups is 1. The van der Waals surface area contributed by atoms with Crippen molar-refractivity contribution < 1.29 is 5.11 Å². The van der Waals surface area contributed by atoms with Crippen molar-refractivity contribution >= 4 is 0 Å². The van der Waals surface area contributed by atoms with E-state index in [2.05, 4.69) is 42.2 Å². The van der Waals surface area contributed by atoms with Crippen molar-refractivity contribution in [3.05, 3.63) is 35.9 Å². The third-order valence-corrected chi connectivity index (χ3v) is 3.88. The van der Waals surface area contributed by atoms with Gasteiger partial charge in [-0.25, -0.2) is 0 Å². The molecule has 2 nitrogen and oxygen atoms in total. The Balaban J connectivity index is 1.75. The predicted molar refractivity (Wildman–Crippen MR) is 71.1 cm³/mol. The van der Waals surface area contributed by atoms with Crippen molar-refractivity contribution in [3.63, 3.8) is 0 Å². The quantitative estimate of drug-likeness (QED) is 0.844. The molecule has 2 rings (SSSR count). The summed E-state index contributed by atoms with van der Waals surface area (Å²) < 4.78 is 0. The van der Waals surface area contributed by atoms with Gasteiger partial charge in [-0.15, -0.1) is 0 Å². The van der Waals surface area contributed by atoms with Gasteiger partial charge in [0.15, 0.2) is 0 Å². The third-order valence-electron chi connectivity index (χ3n) is 3.88. The molecular weight excluding hydrogens is 210 g/mol. The van der Waals surface area contributed by atoms with Crippen molar-refractivity contribution in [1.29, 1.82) is 0 Å². The molecule has 0 amide bonds. The number of likely N-dealkylation sites (tertiary alicyclic amines) is 1. The highest BCUT2D eigenvalue weighted by molar-refractivity contribution is 5.18. The molecule has 0 bridgehead atoms. The molecule has 1 aromatic carbocycles. The van der Waals surface area contributed by atoms with Crippen LogP contribution in [0.3, 0.4) is 0 Å². The second-order valence-corrected chi connectivity index (χ2v) is 5.24. The Morgan fingerprint density at radius 3 is 2.76 bits per heavy atom. The Kier molecular flexibility index (Phi) is 4.57. The summed E-state index contributed by atoms with van der Waals surface area (Å²) in [7, 11) is 0.